The highest BCUT2D eigenvalue weighted by Gasteiger charge is 2.20. The number of rotatable bonds is 2. The van der Waals surface area contributed by atoms with Crippen LogP contribution in [0.3, 0.4) is 0 Å². The minimum absolute atomic E-state index is 0.197. The molecule has 14 heavy (non-hydrogen) atoms. The molecule has 0 saturated heterocycles. The monoisotopic (exact) mass is 226 g/mol. The van der Waals surface area contributed by atoms with Crippen molar-refractivity contribution in [3.05, 3.63) is 41.3 Å². The second kappa shape index (κ2) is 3.79. The van der Waals surface area contributed by atoms with Crippen molar-refractivity contribution in [2.75, 3.05) is 11.5 Å². The van der Waals surface area contributed by atoms with Crippen LogP contribution in [0.1, 0.15) is 0 Å². The van der Waals surface area contributed by atoms with Gasteiger partial charge in [-0.2, -0.15) is 0 Å². The van der Waals surface area contributed by atoms with Crippen molar-refractivity contribution in [2.24, 2.45) is 0 Å². The third-order valence-electron chi connectivity index (χ3n) is 1.92. The lowest BCUT2D eigenvalue weighted by Crippen LogP contribution is -2.01. The van der Waals surface area contributed by atoms with E-state index in [9.17, 15) is 8.42 Å². The molecule has 0 bridgehead atoms. The van der Waals surface area contributed by atoms with Crippen LogP contribution in [-0.4, -0.2) is 19.9 Å². The van der Waals surface area contributed by atoms with E-state index in [1.54, 1.807) is 6.08 Å². The molecule has 1 heterocycles. The summed E-state index contributed by atoms with van der Waals surface area (Å²) in [5.41, 5.74) is 0. The molecule has 4 heteroatoms. The van der Waals surface area contributed by atoms with Crippen molar-refractivity contribution in [1.82, 2.24) is 0 Å². The molecule has 1 aliphatic heterocycles. The van der Waals surface area contributed by atoms with Gasteiger partial charge < -0.3 is 0 Å². The number of hydrogen-bond acceptors (Lipinski definition) is 3. The van der Waals surface area contributed by atoms with E-state index in [2.05, 4.69) is 0 Å². The van der Waals surface area contributed by atoms with Gasteiger partial charge in [0.25, 0.3) is 0 Å². The average molecular weight is 226 g/mol. The summed E-state index contributed by atoms with van der Waals surface area (Å²) in [6.45, 7) is 0. The average Bonchev–Trinajstić information content (AvgIpc) is 2.47. The minimum Gasteiger partial charge on any atom is -0.228 e. The van der Waals surface area contributed by atoms with Gasteiger partial charge in [-0.25, -0.2) is 8.42 Å². The maximum Gasteiger partial charge on any atom is 0.158 e. The molecule has 0 spiro atoms. The predicted molar refractivity (Wildman–Crippen MR) is 59.0 cm³/mol. The van der Waals surface area contributed by atoms with Crippen LogP contribution >= 0.6 is 11.8 Å². The maximum atomic E-state index is 11.2. The molecule has 0 aromatic heterocycles. The Hall–Kier alpha value is -0.740. The van der Waals surface area contributed by atoms with Gasteiger partial charge in [0.2, 0.25) is 0 Å². The first-order valence-corrected chi connectivity index (χ1v) is 6.92. The molecule has 2 nitrogen and oxygen atoms in total. The Balaban J connectivity index is 2.08. The van der Waals surface area contributed by atoms with Crippen molar-refractivity contribution in [1.29, 1.82) is 0 Å². The number of benzene rings is 1. The van der Waals surface area contributed by atoms with Crippen molar-refractivity contribution >= 4 is 21.6 Å². The number of thioether (sulfide) groups is 1. The second-order valence-corrected chi connectivity index (χ2v) is 6.45. The van der Waals surface area contributed by atoms with Gasteiger partial charge in [-0.05, 0) is 12.1 Å². The lowest BCUT2D eigenvalue weighted by molar-refractivity contribution is 0.603. The molecule has 1 aromatic rings. The van der Waals surface area contributed by atoms with Gasteiger partial charge in [0.1, 0.15) is 0 Å². The Kier molecular flexibility index (Phi) is 2.65. The first-order chi connectivity index (χ1) is 6.66. The third-order valence-corrected chi connectivity index (χ3v) is 4.61. The lowest BCUT2D eigenvalue weighted by Gasteiger charge is -1.99. The molecule has 74 valence electrons. The Morgan fingerprint density at radius 2 is 1.86 bits per heavy atom. The summed E-state index contributed by atoms with van der Waals surface area (Å²) in [6, 6.07) is 9.81. The van der Waals surface area contributed by atoms with Crippen LogP contribution in [0, 0.1) is 0 Å². The van der Waals surface area contributed by atoms with Crippen LogP contribution in [0.15, 0.2) is 46.2 Å². The summed E-state index contributed by atoms with van der Waals surface area (Å²) in [5.74, 6) is 0.398. The van der Waals surface area contributed by atoms with Crippen molar-refractivity contribution in [3.8, 4) is 0 Å². The van der Waals surface area contributed by atoms with E-state index in [1.165, 1.54) is 11.8 Å². The first-order valence-electron chi connectivity index (χ1n) is 4.28. The third kappa shape index (κ3) is 2.39. The summed E-state index contributed by atoms with van der Waals surface area (Å²) in [4.78, 5) is 2.03. The molecular formula is C10H10O2S2. The van der Waals surface area contributed by atoms with Gasteiger partial charge in [0, 0.05) is 9.80 Å². The fourth-order valence-corrected chi connectivity index (χ4v) is 4.03. The van der Waals surface area contributed by atoms with E-state index in [0.717, 1.165) is 9.80 Å². The van der Waals surface area contributed by atoms with Gasteiger partial charge in [0.05, 0.1) is 11.5 Å². The molecule has 0 N–H and O–H groups in total. The SMILES string of the molecule is O=S1(=O)CC=C(Sc2ccccc2)C1. The summed E-state index contributed by atoms with van der Waals surface area (Å²) < 4.78 is 22.3. The highest BCUT2D eigenvalue weighted by atomic mass is 32.2. The van der Waals surface area contributed by atoms with E-state index >= 15 is 0 Å². The Morgan fingerprint density at radius 1 is 1.14 bits per heavy atom. The molecule has 2 rings (SSSR count). The summed E-state index contributed by atoms with van der Waals surface area (Å²) in [5, 5.41) is 0. The fourth-order valence-electron chi connectivity index (χ4n) is 1.27. The normalized spacial score (nSPS) is 19.3. The zero-order valence-electron chi connectivity index (χ0n) is 7.51. The van der Waals surface area contributed by atoms with E-state index in [0.29, 0.717) is 0 Å². The summed E-state index contributed by atoms with van der Waals surface area (Å²) in [6.07, 6.45) is 1.80. The highest BCUT2D eigenvalue weighted by molar-refractivity contribution is 8.05. The van der Waals surface area contributed by atoms with Gasteiger partial charge >= 0.3 is 0 Å². The van der Waals surface area contributed by atoms with E-state index < -0.39 is 9.84 Å². The standard InChI is InChI=1S/C10H10O2S2/c11-14(12)7-6-10(8-14)13-9-4-2-1-3-5-9/h1-6H,7-8H2. The molecule has 0 radical (unpaired) electrons. The lowest BCUT2D eigenvalue weighted by atomic mass is 10.4. The van der Waals surface area contributed by atoms with Crippen molar-refractivity contribution in [3.63, 3.8) is 0 Å². The molecule has 0 fully saturated rings. The van der Waals surface area contributed by atoms with Crippen molar-refractivity contribution in [2.45, 2.75) is 4.90 Å². The predicted octanol–water partition coefficient (Wildman–Crippen LogP) is 2.09. The van der Waals surface area contributed by atoms with Crippen LogP contribution in [0.2, 0.25) is 0 Å². The van der Waals surface area contributed by atoms with Crippen LogP contribution in [0.25, 0.3) is 0 Å². The quantitative estimate of drug-likeness (QED) is 0.774. The van der Waals surface area contributed by atoms with Crippen LogP contribution in [0.4, 0.5) is 0 Å². The van der Waals surface area contributed by atoms with Crippen LogP contribution < -0.4 is 0 Å². The number of sulfone groups is 1. The molecule has 0 aliphatic carbocycles. The van der Waals surface area contributed by atoms with Crippen LogP contribution in [-0.2, 0) is 9.84 Å². The minimum atomic E-state index is -2.83. The van der Waals surface area contributed by atoms with E-state index in [1.807, 2.05) is 30.3 Å². The van der Waals surface area contributed by atoms with Gasteiger partial charge in [0.15, 0.2) is 9.84 Å². The van der Waals surface area contributed by atoms with E-state index in [4.69, 9.17) is 0 Å². The zero-order chi connectivity index (χ0) is 10.0. The van der Waals surface area contributed by atoms with Crippen LogP contribution in [0.5, 0.6) is 0 Å². The largest absolute Gasteiger partial charge is 0.228 e. The zero-order valence-corrected chi connectivity index (χ0v) is 9.14. The second-order valence-electron chi connectivity index (χ2n) is 3.14. The molecular weight excluding hydrogens is 216 g/mol. The van der Waals surface area contributed by atoms with E-state index in [-0.39, 0.29) is 11.5 Å². The Bertz CT molecular complexity index is 446. The highest BCUT2D eigenvalue weighted by Crippen LogP contribution is 2.30. The van der Waals surface area contributed by atoms with Gasteiger partial charge in [-0.15, -0.1) is 0 Å². The first kappa shape index (κ1) is 9.80. The molecule has 0 atom stereocenters. The topological polar surface area (TPSA) is 34.1 Å². The molecule has 0 saturated carbocycles. The number of hydrogen-bond donors (Lipinski definition) is 0. The van der Waals surface area contributed by atoms with Gasteiger partial charge in [-0.3, -0.25) is 0 Å². The Morgan fingerprint density at radius 3 is 2.43 bits per heavy atom. The van der Waals surface area contributed by atoms with Gasteiger partial charge in [-0.1, -0.05) is 36.0 Å². The Labute approximate surface area is 87.9 Å². The molecule has 0 amide bonds. The summed E-state index contributed by atoms with van der Waals surface area (Å²) >= 11 is 1.54. The summed E-state index contributed by atoms with van der Waals surface area (Å²) in [7, 11) is -2.83. The molecule has 0 unspecified atom stereocenters. The maximum absolute atomic E-state index is 11.2. The molecule has 1 aliphatic rings. The van der Waals surface area contributed by atoms with Crippen molar-refractivity contribution < 1.29 is 8.42 Å². The fraction of sp³-hybridized carbons (Fsp3) is 0.200. The molecule has 1 aromatic carbocycles. The smallest absolute Gasteiger partial charge is 0.158 e.